The summed E-state index contributed by atoms with van der Waals surface area (Å²) in [7, 11) is 1.78. The first-order valence-corrected chi connectivity index (χ1v) is 5.86. The molecule has 0 spiro atoms. The van der Waals surface area contributed by atoms with Gasteiger partial charge in [0, 0.05) is 21.7 Å². The first-order chi connectivity index (χ1) is 7.60. The van der Waals surface area contributed by atoms with Gasteiger partial charge in [0.25, 0.3) is 0 Å². The lowest BCUT2D eigenvalue weighted by Gasteiger charge is -2.23. The summed E-state index contributed by atoms with van der Waals surface area (Å²) < 4.78 is 0. The minimum Gasteiger partial charge on any atom is -0.387 e. The van der Waals surface area contributed by atoms with E-state index in [2.05, 4.69) is 5.32 Å². The van der Waals surface area contributed by atoms with Crippen LogP contribution in [0.25, 0.3) is 0 Å². The van der Waals surface area contributed by atoms with Gasteiger partial charge in [-0.15, -0.1) is 0 Å². The van der Waals surface area contributed by atoms with E-state index >= 15 is 0 Å². The zero-order valence-electron chi connectivity index (χ0n) is 9.08. The minimum absolute atomic E-state index is 0.124. The highest BCUT2D eigenvalue weighted by Crippen LogP contribution is 2.28. The number of nitrogens with one attached hydrogen (secondary N) is 1. The molecule has 2 atom stereocenters. The summed E-state index contributed by atoms with van der Waals surface area (Å²) in [5, 5.41) is 14.2. The Labute approximate surface area is 106 Å². The van der Waals surface area contributed by atoms with Gasteiger partial charge in [-0.1, -0.05) is 23.2 Å². The van der Waals surface area contributed by atoms with E-state index in [4.69, 9.17) is 28.9 Å². The van der Waals surface area contributed by atoms with Crippen LogP contribution in [0.4, 0.5) is 0 Å². The first kappa shape index (κ1) is 13.7. The maximum absolute atomic E-state index is 10.2. The van der Waals surface area contributed by atoms with Gasteiger partial charge in [-0.2, -0.15) is 0 Å². The molecule has 0 amide bonds. The highest BCUT2D eigenvalue weighted by molar-refractivity contribution is 6.33. The summed E-state index contributed by atoms with van der Waals surface area (Å²) >= 11 is 11.9. The number of nitrogens with two attached hydrogens (primary N) is 1. The third-order valence-electron chi connectivity index (χ3n) is 2.51. The molecule has 3 nitrogen and oxygen atoms in total. The molecule has 0 aliphatic rings. The Hall–Kier alpha value is -0.320. The van der Waals surface area contributed by atoms with Crippen molar-refractivity contribution in [1.29, 1.82) is 0 Å². The lowest BCUT2D eigenvalue weighted by atomic mass is 10.00. The maximum atomic E-state index is 10.2. The van der Waals surface area contributed by atoms with Crippen molar-refractivity contribution < 1.29 is 5.11 Å². The van der Waals surface area contributed by atoms with Crippen molar-refractivity contribution in [2.75, 3.05) is 13.6 Å². The number of hydrogen-bond donors (Lipinski definition) is 3. The average Bonchev–Trinajstić information content (AvgIpc) is 2.28. The van der Waals surface area contributed by atoms with E-state index < -0.39 is 6.10 Å². The number of hydrogen-bond acceptors (Lipinski definition) is 3. The van der Waals surface area contributed by atoms with Gasteiger partial charge in [0.15, 0.2) is 0 Å². The summed E-state index contributed by atoms with van der Waals surface area (Å²) in [5.41, 5.74) is 6.11. The lowest BCUT2D eigenvalue weighted by Crippen LogP contribution is -2.34. The lowest BCUT2D eigenvalue weighted by molar-refractivity contribution is 0.129. The van der Waals surface area contributed by atoms with Crippen molar-refractivity contribution in [3.63, 3.8) is 0 Å². The fourth-order valence-corrected chi connectivity index (χ4v) is 2.01. The van der Waals surface area contributed by atoms with Gasteiger partial charge in [-0.3, -0.25) is 0 Å². The average molecular weight is 263 g/mol. The molecular weight excluding hydrogens is 247 g/mol. The normalized spacial score (nSPS) is 14.8. The molecule has 90 valence electrons. The van der Waals surface area contributed by atoms with Crippen LogP contribution in [0.1, 0.15) is 18.1 Å². The molecular formula is C11H16Cl2N2O. The van der Waals surface area contributed by atoms with E-state index in [9.17, 15) is 5.11 Å². The summed E-state index contributed by atoms with van der Waals surface area (Å²) in [5.74, 6) is 0. The smallest absolute Gasteiger partial charge is 0.0958 e. The molecule has 16 heavy (non-hydrogen) atoms. The molecule has 4 N–H and O–H groups in total. The van der Waals surface area contributed by atoms with Gasteiger partial charge in [0.1, 0.15) is 0 Å². The third kappa shape index (κ3) is 3.34. The van der Waals surface area contributed by atoms with Gasteiger partial charge in [-0.05, 0) is 38.2 Å². The summed E-state index contributed by atoms with van der Waals surface area (Å²) in [4.78, 5) is 0. The number of halogens is 2. The summed E-state index contributed by atoms with van der Waals surface area (Å²) in [6, 6.07) is 4.92. The SMILES string of the molecule is CNC(CCN)C(O)c1cc(Cl)ccc1Cl. The summed E-state index contributed by atoms with van der Waals surface area (Å²) in [6.45, 7) is 0.501. The highest BCUT2D eigenvalue weighted by atomic mass is 35.5. The molecule has 2 unspecified atom stereocenters. The van der Waals surface area contributed by atoms with Gasteiger partial charge < -0.3 is 16.2 Å². The van der Waals surface area contributed by atoms with Crippen LogP contribution in [-0.2, 0) is 0 Å². The van der Waals surface area contributed by atoms with E-state index in [0.717, 1.165) is 0 Å². The van der Waals surface area contributed by atoms with E-state index in [0.29, 0.717) is 28.6 Å². The molecule has 0 heterocycles. The van der Waals surface area contributed by atoms with Crippen molar-refractivity contribution >= 4 is 23.2 Å². The second-order valence-corrected chi connectivity index (χ2v) is 4.43. The Kier molecular flexibility index (Phi) is 5.52. The Morgan fingerprint density at radius 2 is 2.12 bits per heavy atom. The van der Waals surface area contributed by atoms with Crippen molar-refractivity contribution in [2.24, 2.45) is 5.73 Å². The van der Waals surface area contributed by atoms with Gasteiger partial charge in [0.05, 0.1) is 6.10 Å². The number of rotatable bonds is 5. The van der Waals surface area contributed by atoms with Crippen LogP contribution in [0.3, 0.4) is 0 Å². The van der Waals surface area contributed by atoms with Crippen LogP contribution in [0.5, 0.6) is 0 Å². The predicted molar refractivity (Wildman–Crippen MR) is 67.9 cm³/mol. The molecule has 5 heteroatoms. The zero-order chi connectivity index (χ0) is 12.1. The molecule has 1 rings (SSSR count). The standard InChI is InChI=1S/C11H16Cl2N2O/c1-15-10(4-5-14)11(16)8-6-7(12)2-3-9(8)13/h2-3,6,10-11,15-16H,4-5,14H2,1H3. The van der Waals surface area contributed by atoms with Crippen molar-refractivity contribution in [2.45, 2.75) is 18.6 Å². The number of aliphatic hydroxyl groups is 1. The van der Waals surface area contributed by atoms with Gasteiger partial charge in [0.2, 0.25) is 0 Å². The Morgan fingerprint density at radius 3 is 2.69 bits per heavy atom. The van der Waals surface area contributed by atoms with E-state index in [-0.39, 0.29) is 6.04 Å². The van der Waals surface area contributed by atoms with E-state index in [1.54, 1.807) is 25.2 Å². The first-order valence-electron chi connectivity index (χ1n) is 5.10. The third-order valence-corrected chi connectivity index (χ3v) is 3.09. The minimum atomic E-state index is -0.709. The Morgan fingerprint density at radius 1 is 1.44 bits per heavy atom. The zero-order valence-corrected chi connectivity index (χ0v) is 10.6. The van der Waals surface area contributed by atoms with Crippen LogP contribution in [0, 0.1) is 0 Å². The van der Waals surface area contributed by atoms with Crippen LogP contribution in [0.2, 0.25) is 10.0 Å². The van der Waals surface area contributed by atoms with Crippen LogP contribution < -0.4 is 11.1 Å². The van der Waals surface area contributed by atoms with Crippen molar-refractivity contribution in [1.82, 2.24) is 5.32 Å². The van der Waals surface area contributed by atoms with Gasteiger partial charge >= 0.3 is 0 Å². The fraction of sp³-hybridized carbons (Fsp3) is 0.455. The number of aliphatic hydroxyl groups excluding tert-OH is 1. The van der Waals surface area contributed by atoms with Crippen LogP contribution in [0.15, 0.2) is 18.2 Å². The molecule has 1 aromatic rings. The maximum Gasteiger partial charge on any atom is 0.0958 e. The predicted octanol–water partition coefficient (Wildman–Crippen LogP) is 1.96. The molecule has 0 aliphatic heterocycles. The monoisotopic (exact) mass is 262 g/mol. The largest absolute Gasteiger partial charge is 0.387 e. The second-order valence-electron chi connectivity index (χ2n) is 3.58. The molecule has 0 saturated carbocycles. The molecule has 1 aromatic carbocycles. The molecule has 0 radical (unpaired) electrons. The highest BCUT2D eigenvalue weighted by Gasteiger charge is 2.21. The molecule has 0 fully saturated rings. The number of benzene rings is 1. The topological polar surface area (TPSA) is 58.3 Å². The molecule has 0 bridgehead atoms. The van der Waals surface area contributed by atoms with Crippen LogP contribution in [-0.4, -0.2) is 24.7 Å². The molecule has 0 aliphatic carbocycles. The van der Waals surface area contributed by atoms with Crippen molar-refractivity contribution in [3.8, 4) is 0 Å². The van der Waals surface area contributed by atoms with Crippen LogP contribution >= 0.6 is 23.2 Å². The summed E-state index contributed by atoms with van der Waals surface area (Å²) in [6.07, 6.45) is -0.0414. The quantitative estimate of drug-likeness (QED) is 0.761. The number of likely N-dealkylation sites (N-methyl/N-ethyl adjacent to an activating group) is 1. The van der Waals surface area contributed by atoms with Gasteiger partial charge in [-0.25, -0.2) is 0 Å². The van der Waals surface area contributed by atoms with E-state index in [1.807, 2.05) is 0 Å². The Bertz CT molecular complexity index is 347. The fourth-order valence-electron chi connectivity index (χ4n) is 1.60. The van der Waals surface area contributed by atoms with Crippen molar-refractivity contribution in [3.05, 3.63) is 33.8 Å². The second kappa shape index (κ2) is 6.42. The molecule has 0 saturated heterocycles. The molecule has 0 aromatic heterocycles. The van der Waals surface area contributed by atoms with E-state index in [1.165, 1.54) is 0 Å². The Balaban J connectivity index is 2.93.